The minimum atomic E-state index is -0.405. The van der Waals surface area contributed by atoms with Crippen LogP contribution in [0.5, 0.6) is 0 Å². The highest BCUT2D eigenvalue weighted by atomic mass is 35.5. The van der Waals surface area contributed by atoms with E-state index in [0.717, 1.165) is 20.7 Å². The Balaban J connectivity index is 2.17. The summed E-state index contributed by atoms with van der Waals surface area (Å²) >= 11 is 7.51. The number of thiophene rings is 1. The number of quaternary nitrogens is 1. The fraction of sp³-hybridized carbons (Fsp3) is 0.375. The fourth-order valence-corrected chi connectivity index (χ4v) is 3.61. The molecule has 6 nitrogen and oxygen atoms in total. The number of hydrogen-bond acceptors (Lipinski definition) is 4. The van der Waals surface area contributed by atoms with Crippen LogP contribution < -0.4 is 15.5 Å². The molecular formula is C16H21ClN3O3S+. The van der Waals surface area contributed by atoms with Gasteiger partial charge in [-0.15, -0.1) is 11.3 Å². The predicted octanol–water partition coefficient (Wildman–Crippen LogP) is 1.10. The molecule has 0 aliphatic carbocycles. The SMILES string of the molecule is C=CC[NH+](CC1=C(C(=O)OCC)CNC(=O)N1)Cc1ccc(Cl)s1. The minimum absolute atomic E-state index is 0.173. The van der Waals surface area contributed by atoms with Crippen LogP contribution in [-0.2, 0) is 16.1 Å². The van der Waals surface area contributed by atoms with Gasteiger partial charge >= 0.3 is 12.0 Å². The third kappa shape index (κ3) is 5.09. The predicted molar refractivity (Wildman–Crippen MR) is 94.1 cm³/mol. The van der Waals surface area contributed by atoms with E-state index in [1.54, 1.807) is 6.92 Å². The molecule has 3 N–H and O–H groups in total. The molecule has 1 atom stereocenters. The second kappa shape index (κ2) is 8.86. The lowest BCUT2D eigenvalue weighted by atomic mass is 10.1. The molecule has 2 amide bonds. The van der Waals surface area contributed by atoms with E-state index >= 15 is 0 Å². The summed E-state index contributed by atoms with van der Waals surface area (Å²) in [5, 5.41) is 5.34. The molecule has 0 aromatic carbocycles. The summed E-state index contributed by atoms with van der Waals surface area (Å²) in [7, 11) is 0. The second-order valence-electron chi connectivity index (χ2n) is 5.29. The van der Waals surface area contributed by atoms with E-state index in [1.165, 1.54) is 11.3 Å². The van der Waals surface area contributed by atoms with Crippen LogP contribution in [0.15, 0.2) is 36.1 Å². The van der Waals surface area contributed by atoms with Gasteiger partial charge in [0.1, 0.15) is 13.1 Å². The Hall–Kier alpha value is -1.83. The summed E-state index contributed by atoms with van der Waals surface area (Å²) in [5.41, 5.74) is 1.05. The Morgan fingerprint density at radius 1 is 1.50 bits per heavy atom. The number of rotatable bonds is 8. The summed E-state index contributed by atoms with van der Waals surface area (Å²) in [6, 6.07) is 3.54. The van der Waals surface area contributed by atoms with E-state index in [4.69, 9.17) is 16.3 Å². The molecular weight excluding hydrogens is 350 g/mol. The summed E-state index contributed by atoms with van der Waals surface area (Å²) in [4.78, 5) is 26.0. The quantitative estimate of drug-likeness (QED) is 0.474. The van der Waals surface area contributed by atoms with Crippen LogP contribution in [0.3, 0.4) is 0 Å². The first kappa shape index (κ1) is 18.5. The van der Waals surface area contributed by atoms with Gasteiger partial charge in [-0.25, -0.2) is 9.59 Å². The van der Waals surface area contributed by atoms with E-state index in [9.17, 15) is 9.59 Å². The third-order valence-electron chi connectivity index (χ3n) is 3.49. The number of urea groups is 1. The van der Waals surface area contributed by atoms with Gasteiger partial charge in [-0.3, -0.25) is 0 Å². The Kier molecular flexibility index (Phi) is 6.84. The first-order valence-electron chi connectivity index (χ1n) is 7.66. The van der Waals surface area contributed by atoms with Gasteiger partial charge in [0, 0.05) is 0 Å². The molecule has 1 unspecified atom stereocenters. The smallest absolute Gasteiger partial charge is 0.337 e. The van der Waals surface area contributed by atoms with Crippen molar-refractivity contribution in [1.82, 2.24) is 10.6 Å². The van der Waals surface area contributed by atoms with E-state index in [2.05, 4.69) is 17.2 Å². The molecule has 130 valence electrons. The molecule has 0 radical (unpaired) electrons. The maximum Gasteiger partial charge on any atom is 0.337 e. The van der Waals surface area contributed by atoms with Gasteiger partial charge in [0.25, 0.3) is 0 Å². The largest absolute Gasteiger partial charge is 0.463 e. The minimum Gasteiger partial charge on any atom is -0.463 e. The van der Waals surface area contributed by atoms with Gasteiger partial charge < -0.3 is 20.3 Å². The Morgan fingerprint density at radius 3 is 2.92 bits per heavy atom. The zero-order valence-corrected chi connectivity index (χ0v) is 15.1. The first-order chi connectivity index (χ1) is 11.5. The number of halogens is 1. The van der Waals surface area contributed by atoms with Crippen molar-refractivity contribution >= 4 is 34.9 Å². The van der Waals surface area contributed by atoms with Gasteiger partial charge in [-0.05, 0) is 25.1 Å². The number of hydrogen-bond donors (Lipinski definition) is 3. The molecule has 0 saturated heterocycles. The van der Waals surface area contributed by atoms with Crippen LogP contribution >= 0.6 is 22.9 Å². The Labute approximate surface area is 150 Å². The number of amides is 2. The Morgan fingerprint density at radius 2 is 2.29 bits per heavy atom. The van der Waals surface area contributed by atoms with Crippen molar-refractivity contribution in [2.45, 2.75) is 13.5 Å². The Bertz CT molecular complexity index is 657. The zero-order chi connectivity index (χ0) is 17.5. The normalized spacial score (nSPS) is 15.5. The molecule has 0 spiro atoms. The molecule has 1 aliphatic heterocycles. The van der Waals surface area contributed by atoms with Crippen LogP contribution in [0.4, 0.5) is 4.79 Å². The lowest BCUT2D eigenvalue weighted by Gasteiger charge is -2.24. The first-order valence-corrected chi connectivity index (χ1v) is 8.85. The summed E-state index contributed by atoms with van der Waals surface area (Å²) < 4.78 is 5.82. The highest BCUT2D eigenvalue weighted by Gasteiger charge is 2.26. The summed E-state index contributed by atoms with van der Waals surface area (Å²) in [5.74, 6) is -0.405. The molecule has 1 aromatic rings. The van der Waals surface area contributed by atoms with Gasteiger partial charge in [0.15, 0.2) is 0 Å². The van der Waals surface area contributed by atoms with Crippen molar-refractivity contribution in [2.24, 2.45) is 0 Å². The van der Waals surface area contributed by atoms with Crippen LogP contribution in [0.2, 0.25) is 4.34 Å². The summed E-state index contributed by atoms with van der Waals surface area (Å²) in [6.07, 6.45) is 1.82. The van der Waals surface area contributed by atoms with Crippen LogP contribution in [0, 0.1) is 0 Å². The van der Waals surface area contributed by atoms with Crippen molar-refractivity contribution in [3.8, 4) is 0 Å². The van der Waals surface area contributed by atoms with Crippen molar-refractivity contribution in [2.75, 3.05) is 26.2 Å². The number of nitrogens with one attached hydrogen (secondary N) is 3. The zero-order valence-electron chi connectivity index (χ0n) is 13.5. The van der Waals surface area contributed by atoms with Crippen LogP contribution in [0.25, 0.3) is 0 Å². The third-order valence-corrected chi connectivity index (χ3v) is 4.72. The van der Waals surface area contributed by atoms with E-state index < -0.39 is 5.97 Å². The maximum atomic E-state index is 12.1. The topological polar surface area (TPSA) is 71.9 Å². The molecule has 0 bridgehead atoms. The van der Waals surface area contributed by atoms with Crippen LogP contribution in [-0.4, -0.2) is 38.2 Å². The second-order valence-corrected chi connectivity index (χ2v) is 7.09. The average molecular weight is 371 g/mol. The van der Waals surface area contributed by atoms with Crippen molar-refractivity contribution in [1.29, 1.82) is 0 Å². The van der Waals surface area contributed by atoms with Crippen molar-refractivity contribution in [3.05, 3.63) is 45.3 Å². The molecule has 2 heterocycles. The molecule has 1 aliphatic rings. The number of esters is 1. The lowest BCUT2D eigenvalue weighted by Crippen LogP contribution is -3.11. The van der Waals surface area contributed by atoms with Gasteiger partial charge in [-0.2, -0.15) is 0 Å². The van der Waals surface area contributed by atoms with E-state index in [1.807, 2.05) is 18.2 Å². The summed E-state index contributed by atoms with van der Waals surface area (Å²) in [6.45, 7) is 7.92. The van der Waals surface area contributed by atoms with E-state index in [0.29, 0.717) is 31.0 Å². The van der Waals surface area contributed by atoms with Gasteiger partial charge in [0.2, 0.25) is 0 Å². The molecule has 1 aromatic heterocycles. The standard InChI is InChI=1S/C16H20ClN3O3S/c1-3-7-20(9-11-5-6-14(17)24-11)10-13-12(15(21)23-4-2)8-18-16(22)19-13/h3,5-6H,1,4,7-10H2,2H3,(H2,18,19,22)/p+1. The molecule has 0 fully saturated rings. The van der Waals surface area contributed by atoms with E-state index in [-0.39, 0.29) is 12.6 Å². The maximum absolute atomic E-state index is 12.1. The van der Waals surface area contributed by atoms with Crippen molar-refractivity contribution < 1.29 is 19.2 Å². The van der Waals surface area contributed by atoms with Gasteiger partial charge in [-0.1, -0.05) is 18.2 Å². The molecule has 0 saturated carbocycles. The highest BCUT2D eigenvalue weighted by molar-refractivity contribution is 7.16. The number of carbonyl (C=O) groups is 2. The molecule has 2 rings (SSSR count). The monoisotopic (exact) mass is 370 g/mol. The number of ether oxygens (including phenoxy) is 1. The van der Waals surface area contributed by atoms with Crippen LogP contribution in [0.1, 0.15) is 11.8 Å². The number of carbonyl (C=O) groups excluding carboxylic acids is 2. The lowest BCUT2D eigenvalue weighted by molar-refractivity contribution is -0.903. The average Bonchev–Trinajstić information content (AvgIpc) is 2.93. The highest BCUT2D eigenvalue weighted by Crippen LogP contribution is 2.20. The molecule has 8 heteroatoms. The fourth-order valence-electron chi connectivity index (χ4n) is 2.45. The van der Waals surface area contributed by atoms with Gasteiger partial charge in [0.05, 0.1) is 40.2 Å². The van der Waals surface area contributed by atoms with Crippen molar-refractivity contribution in [3.63, 3.8) is 0 Å². The molecule has 24 heavy (non-hydrogen) atoms.